The topological polar surface area (TPSA) is 52.6 Å². The highest BCUT2D eigenvalue weighted by atomic mass is 19.4. The quantitative estimate of drug-likeness (QED) is 0.651. The van der Waals surface area contributed by atoms with E-state index < -0.39 is 12.6 Å². The van der Waals surface area contributed by atoms with E-state index in [1.54, 1.807) is 7.05 Å². The minimum Gasteiger partial charge on any atom is -0.356 e. The fraction of sp³-hybridized carbons (Fsp3) is 0.625. The van der Waals surface area contributed by atoms with Crippen molar-refractivity contribution in [1.29, 1.82) is 0 Å². The summed E-state index contributed by atoms with van der Waals surface area (Å²) in [7, 11) is 1.56. The van der Waals surface area contributed by atoms with Crippen LogP contribution in [0.1, 0.15) is 25.0 Å². The number of halogens is 3. The van der Waals surface area contributed by atoms with Crippen molar-refractivity contribution in [3.05, 3.63) is 23.9 Å². The Morgan fingerprint density at radius 1 is 1.33 bits per heavy atom. The molecule has 0 aromatic carbocycles. The van der Waals surface area contributed by atoms with Crippen LogP contribution in [0, 0.1) is 6.92 Å². The molecule has 2 N–H and O–H groups in total. The van der Waals surface area contributed by atoms with Crippen LogP contribution < -0.4 is 15.5 Å². The van der Waals surface area contributed by atoms with Crippen molar-refractivity contribution in [3.8, 4) is 0 Å². The number of alkyl halides is 3. The maximum atomic E-state index is 12.2. The Hall–Kier alpha value is -1.99. The molecule has 134 valence electrons. The predicted octanol–water partition coefficient (Wildman–Crippen LogP) is 2.48. The van der Waals surface area contributed by atoms with Gasteiger partial charge in [0, 0.05) is 38.4 Å². The van der Waals surface area contributed by atoms with Crippen molar-refractivity contribution in [2.45, 2.75) is 38.4 Å². The van der Waals surface area contributed by atoms with Crippen LogP contribution in [-0.4, -0.2) is 49.8 Å². The molecule has 1 fully saturated rings. The highest BCUT2D eigenvalue weighted by Crippen LogP contribution is 2.19. The van der Waals surface area contributed by atoms with Crippen molar-refractivity contribution in [2.75, 3.05) is 31.6 Å². The summed E-state index contributed by atoms with van der Waals surface area (Å²) in [6, 6.07) is 6.16. The van der Waals surface area contributed by atoms with Gasteiger partial charge < -0.3 is 15.5 Å². The van der Waals surface area contributed by atoms with Gasteiger partial charge in [-0.25, -0.2) is 4.98 Å². The molecule has 0 atom stereocenters. The van der Waals surface area contributed by atoms with E-state index in [4.69, 9.17) is 0 Å². The lowest BCUT2D eigenvalue weighted by Crippen LogP contribution is -2.49. The predicted molar refractivity (Wildman–Crippen MR) is 89.4 cm³/mol. The fourth-order valence-electron chi connectivity index (χ4n) is 2.67. The summed E-state index contributed by atoms with van der Waals surface area (Å²) in [4.78, 5) is 10.7. The molecule has 2 rings (SSSR count). The molecule has 0 unspecified atom stereocenters. The lowest BCUT2D eigenvalue weighted by molar-refractivity contribution is -0.132. The Balaban J connectivity index is 1.77. The van der Waals surface area contributed by atoms with Gasteiger partial charge in [0.25, 0.3) is 0 Å². The summed E-state index contributed by atoms with van der Waals surface area (Å²) in [6.07, 6.45) is -3.26. The van der Waals surface area contributed by atoms with Crippen LogP contribution in [0.4, 0.5) is 19.0 Å². The second-order valence-corrected chi connectivity index (χ2v) is 5.91. The number of nitrogens with one attached hydrogen (secondary N) is 2. The smallest absolute Gasteiger partial charge is 0.356 e. The highest BCUT2D eigenvalue weighted by molar-refractivity contribution is 5.79. The average molecular weight is 343 g/mol. The molecule has 1 aromatic rings. The Kier molecular flexibility index (Phi) is 6.28. The molecule has 0 amide bonds. The van der Waals surface area contributed by atoms with Crippen molar-refractivity contribution in [1.82, 2.24) is 15.6 Å². The number of anilines is 1. The first kappa shape index (κ1) is 18.4. The molecule has 0 saturated carbocycles. The van der Waals surface area contributed by atoms with Crippen LogP contribution in [0.5, 0.6) is 0 Å². The number of guanidine groups is 1. The first-order valence-electron chi connectivity index (χ1n) is 8.10. The van der Waals surface area contributed by atoms with Gasteiger partial charge in [-0.05, 0) is 31.9 Å². The molecule has 0 aliphatic carbocycles. The summed E-state index contributed by atoms with van der Waals surface area (Å²) in [6.45, 7) is 3.50. The molecule has 0 radical (unpaired) electrons. The summed E-state index contributed by atoms with van der Waals surface area (Å²) < 4.78 is 36.6. The zero-order valence-corrected chi connectivity index (χ0v) is 14.0. The minimum atomic E-state index is -4.15. The van der Waals surface area contributed by atoms with Crippen LogP contribution in [0.2, 0.25) is 0 Å². The molecule has 1 aliphatic rings. The number of aliphatic imine (C=N–C) groups is 1. The van der Waals surface area contributed by atoms with Gasteiger partial charge in [0.15, 0.2) is 5.96 Å². The number of pyridine rings is 1. The van der Waals surface area contributed by atoms with Gasteiger partial charge in [-0.2, -0.15) is 13.2 Å². The molecular weight excluding hydrogens is 319 g/mol. The second-order valence-electron chi connectivity index (χ2n) is 5.91. The molecular formula is C16H24F3N5. The number of aromatic nitrogens is 1. The maximum Gasteiger partial charge on any atom is 0.390 e. The summed E-state index contributed by atoms with van der Waals surface area (Å²) >= 11 is 0. The minimum absolute atomic E-state index is 0.171. The number of rotatable bonds is 4. The van der Waals surface area contributed by atoms with Crippen LogP contribution in [0.15, 0.2) is 23.2 Å². The first-order chi connectivity index (χ1) is 11.4. The van der Waals surface area contributed by atoms with E-state index in [2.05, 4.69) is 25.5 Å². The Morgan fingerprint density at radius 3 is 2.62 bits per heavy atom. The third-order valence-corrected chi connectivity index (χ3v) is 3.96. The molecule has 2 heterocycles. The fourth-order valence-corrected chi connectivity index (χ4v) is 2.67. The van der Waals surface area contributed by atoms with Gasteiger partial charge >= 0.3 is 6.18 Å². The first-order valence-corrected chi connectivity index (χ1v) is 8.10. The molecule has 1 aliphatic heterocycles. The van der Waals surface area contributed by atoms with E-state index in [1.165, 1.54) is 0 Å². The Morgan fingerprint density at radius 2 is 2.04 bits per heavy atom. The standard InChI is InChI=1S/C16H24F3N5/c1-12-4-3-5-14(22-12)24-10-6-13(7-11-24)23-15(20-2)21-9-8-16(17,18)19/h3-5,13H,6-11H2,1-2H3,(H2,20,21,23). The zero-order chi connectivity index (χ0) is 17.6. The molecule has 0 bridgehead atoms. The van der Waals surface area contributed by atoms with Crippen LogP contribution >= 0.6 is 0 Å². The Bertz CT molecular complexity index is 551. The summed E-state index contributed by atoms with van der Waals surface area (Å²) in [5, 5.41) is 5.92. The van der Waals surface area contributed by atoms with E-state index in [0.29, 0.717) is 5.96 Å². The van der Waals surface area contributed by atoms with Crippen molar-refractivity contribution in [2.24, 2.45) is 4.99 Å². The lowest BCUT2D eigenvalue weighted by Gasteiger charge is -2.34. The molecule has 8 heteroatoms. The third-order valence-electron chi connectivity index (χ3n) is 3.96. The van der Waals surface area contributed by atoms with E-state index in [1.807, 2.05) is 25.1 Å². The van der Waals surface area contributed by atoms with Crippen molar-refractivity contribution < 1.29 is 13.2 Å². The number of hydrogen-bond acceptors (Lipinski definition) is 3. The van der Waals surface area contributed by atoms with Crippen LogP contribution in [-0.2, 0) is 0 Å². The molecule has 24 heavy (non-hydrogen) atoms. The second kappa shape index (κ2) is 8.21. The summed E-state index contributed by atoms with van der Waals surface area (Å²) in [5.74, 6) is 1.40. The molecule has 1 aromatic heterocycles. The van der Waals surface area contributed by atoms with Crippen LogP contribution in [0.3, 0.4) is 0 Å². The number of hydrogen-bond donors (Lipinski definition) is 2. The van der Waals surface area contributed by atoms with Crippen LogP contribution in [0.25, 0.3) is 0 Å². The van der Waals surface area contributed by atoms with E-state index >= 15 is 0 Å². The number of nitrogens with zero attached hydrogens (tertiary/aromatic N) is 3. The van der Waals surface area contributed by atoms with E-state index in [0.717, 1.165) is 37.4 Å². The molecule has 0 spiro atoms. The number of piperidine rings is 1. The number of aryl methyl sites for hydroxylation is 1. The van der Waals surface area contributed by atoms with Gasteiger partial charge in [0.1, 0.15) is 5.82 Å². The Labute approximate surface area is 140 Å². The monoisotopic (exact) mass is 343 g/mol. The molecule has 5 nitrogen and oxygen atoms in total. The van der Waals surface area contributed by atoms with E-state index in [-0.39, 0.29) is 12.6 Å². The normalized spacial score (nSPS) is 17.0. The third kappa shape index (κ3) is 5.90. The average Bonchev–Trinajstić information content (AvgIpc) is 2.53. The van der Waals surface area contributed by atoms with Gasteiger partial charge in [0.2, 0.25) is 0 Å². The van der Waals surface area contributed by atoms with Crippen molar-refractivity contribution in [3.63, 3.8) is 0 Å². The van der Waals surface area contributed by atoms with Gasteiger partial charge in [0.05, 0.1) is 6.42 Å². The van der Waals surface area contributed by atoms with Gasteiger partial charge in [-0.3, -0.25) is 4.99 Å². The van der Waals surface area contributed by atoms with Gasteiger partial charge in [-0.1, -0.05) is 6.07 Å². The summed E-state index contributed by atoms with van der Waals surface area (Å²) in [5.41, 5.74) is 0.988. The van der Waals surface area contributed by atoms with E-state index in [9.17, 15) is 13.2 Å². The van der Waals surface area contributed by atoms with Crippen molar-refractivity contribution >= 4 is 11.8 Å². The molecule has 1 saturated heterocycles. The SMILES string of the molecule is CN=C(NCCC(F)(F)F)NC1CCN(c2cccc(C)n2)CC1. The maximum absolute atomic E-state index is 12.2. The largest absolute Gasteiger partial charge is 0.390 e. The lowest BCUT2D eigenvalue weighted by atomic mass is 10.1. The highest BCUT2D eigenvalue weighted by Gasteiger charge is 2.26. The van der Waals surface area contributed by atoms with Gasteiger partial charge in [-0.15, -0.1) is 0 Å². The zero-order valence-electron chi connectivity index (χ0n) is 14.0.